The highest BCUT2D eigenvalue weighted by atomic mass is 15.3. The average molecular weight is 370 g/mol. The fourth-order valence-electron chi connectivity index (χ4n) is 4.88. The monoisotopic (exact) mass is 370 g/mol. The van der Waals surface area contributed by atoms with E-state index in [2.05, 4.69) is 40.2 Å². The lowest BCUT2D eigenvalue weighted by molar-refractivity contribution is 0.222. The summed E-state index contributed by atoms with van der Waals surface area (Å²) in [7, 11) is 2.19. The van der Waals surface area contributed by atoms with Gasteiger partial charge >= 0.3 is 0 Å². The van der Waals surface area contributed by atoms with E-state index in [4.69, 9.17) is 5.73 Å². The van der Waals surface area contributed by atoms with E-state index >= 15 is 0 Å². The van der Waals surface area contributed by atoms with Crippen LogP contribution in [0.1, 0.15) is 41.3 Å². The van der Waals surface area contributed by atoms with Crippen LogP contribution < -0.4 is 5.73 Å². The minimum absolute atomic E-state index is 0.293. The Morgan fingerprint density at radius 3 is 2.89 bits per heavy atom. The summed E-state index contributed by atoms with van der Waals surface area (Å²) in [6.45, 7) is 0.647. The van der Waals surface area contributed by atoms with Gasteiger partial charge in [0, 0.05) is 47.7 Å². The van der Waals surface area contributed by atoms with E-state index < -0.39 is 0 Å². The third kappa shape index (κ3) is 2.51. The highest BCUT2D eigenvalue weighted by Gasteiger charge is 2.41. The van der Waals surface area contributed by atoms with E-state index in [-0.39, 0.29) is 0 Å². The summed E-state index contributed by atoms with van der Waals surface area (Å²) in [4.78, 5) is 7.11. The Bertz CT molecular complexity index is 1080. The molecule has 1 fully saturated rings. The van der Waals surface area contributed by atoms with Gasteiger partial charge in [0.1, 0.15) is 17.5 Å². The molecule has 2 bridgehead atoms. The van der Waals surface area contributed by atoms with Crippen LogP contribution in [0, 0.1) is 11.3 Å². The predicted molar refractivity (Wildman–Crippen MR) is 107 cm³/mol. The highest BCUT2D eigenvalue weighted by Crippen LogP contribution is 2.48. The second-order valence-corrected chi connectivity index (χ2v) is 7.70. The molecule has 4 heterocycles. The highest BCUT2D eigenvalue weighted by molar-refractivity contribution is 5.82. The zero-order valence-electron chi connectivity index (χ0n) is 15.8. The van der Waals surface area contributed by atoms with Gasteiger partial charge in [0.2, 0.25) is 0 Å². The van der Waals surface area contributed by atoms with Crippen molar-refractivity contribution in [2.45, 2.75) is 37.9 Å². The van der Waals surface area contributed by atoms with Gasteiger partial charge in [0.15, 0.2) is 0 Å². The van der Waals surface area contributed by atoms with Gasteiger partial charge in [-0.2, -0.15) is 10.4 Å². The number of hydrogen-bond donors (Lipinski definition) is 1. The largest absolute Gasteiger partial charge is 0.383 e. The van der Waals surface area contributed by atoms with Gasteiger partial charge in [0.05, 0.1) is 6.54 Å². The number of nitrogens with two attached hydrogens (primary N) is 1. The summed E-state index contributed by atoms with van der Waals surface area (Å²) in [6, 6.07) is 13.3. The van der Waals surface area contributed by atoms with Crippen molar-refractivity contribution < 1.29 is 0 Å². The number of hydrogen-bond acceptors (Lipinski definition) is 5. The Labute approximate surface area is 164 Å². The summed E-state index contributed by atoms with van der Waals surface area (Å²) in [5.41, 5.74) is 12.1. The van der Waals surface area contributed by atoms with Crippen molar-refractivity contribution in [2.24, 2.45) is 0 Å². The van der Waals surface area contributed by atoms with Gasteiger partial charge in [-0.15, -0.1) is 0 Å². The Morgan fingerprint density at radius 2 is 2.11 bits per heavy atom. The molecule has 1 saturated heterocycles. The molecule has 0 unspecified atom stereocenters. The van der Waals surface area contributed by atoms with Crippen LogP contribution in [0.5, 0.6) is 0 Å². The van der Waals surface area contributed by atoms with E-state index in [1.54, 1.807) is 6.20 Å². The quantitative estimate of drug-likeness (QED) is 0.766. The standard InChI is InChI=1S/C22H22N6/c1-27-15-7-8-19(27)21-18(11-15)26-22(24)17(12-23)20(21)16-6-3-2-5-14(16)13-28-10-4-9-25-28/h2-6,9-10,15,19H,7-8,11,13H2,1H3,(H2,24,26)/t15-,19+/m0/s1. The van der Waals surface area contributed by atoms with Crippen molar-refractivity contribution in [1.29, 1.82) is 5.26 Å². The minimum atomic E-state index is 0.293. The van der Waals surface area contributed by atoms with E-state index in [1.807, 2.05) is 29.1 Å². The molecule has 2 aliphatic rings. The van der Waals surface area contributed by atoms with Gasteiger partial charge in [0.25, 0.3) is 0 Å². The van der Waals surface area contributed by atoms with Crippen LogP contribution in [0.4, 0.5) is 5.82 Å². The molecular formula is C22H22N6. The second-order valence-electron chi connectivity index (χ2n) is 7.70. The molecule has 6 heteroatoms. The molecule has 5 rings (SSSR count). The van der Waals surface area contributed by atoms with Crippen molar-refractivity contribution in [3.63, 3.8) is 0 Å². The molecule has 6 nitrogen and oxygen atoms in total. The number of rotatable bonds is 3. The molecule has 28 heavy (non-hydrogen) atoms. The van der Waals surface area contributed by atoms with Crippen molar-refractivity contribution in [1.82, 2.24) is 19.7 Å². The second kappa shape index (κ2) is 6.47. The molecule has 0 saturated carbocycles. The zero-order chi connectivity index (χ0) is 19.3. The van der Waals surface area contributed by atoms with Crippen molar-refractivity contribution >= 4 is 5.82 Å². The van der Waals surface area contributed by atoms with Crippen molar-refractivity contribution in [3.05, 3.63) is 65.1 Å². The number of nitriles is 1. The Kier molecular flexibility index (Phi) is 3.92. The summed E-state index contributed by atoms with van der Waals surface area (Å²) in [5, 5.41) is 14.3. The Balaban J connectivity index is 1.76. The molecule has 2 N–H and O–H groups in total. The van der Waals surface area contributed by atoms with Gasteiger partial charge in [-0.05, 0) is 37.1 Å². The molecule has 140 valence electrons. The molecule has 1 aromatic carbocycles. The fourth-order valence-corrected chi connectivity index (χ4v) is 4.88. The summed E-state index contributed by atoms with van der Waals surface area (Å²) < 4.78 is 1.90. The first-order chi connectivity index (χ1) is 13.7. The number of anilines is 1. The lowest BCUT2D eigenvalue weighted by Crippen LogP contribution is -2.35. The number of fused-ring (bicyclic) bond motifs is 4. The maximum Gasteiger partial charge on any atom is 0.142 e. The summed E-state index contributed by atoms with van der Waals surface area (Å²) >= 11 is 0. The molecule has 2 atom stereocenters. The summed E-state index contributed by atoms with van der Waals surface area (Å²) in [5.74, 6) is 0.342. The molecular weight excluding hydrogens is 348 g/mol. The van der Waals surface area contributed by atoms with Gasteiger partial charge in [-0.25, -0.2) is 4.98 Å². The third-order valence-electron chi connectivity index (χ3n) is 6.23. The minimum Gasteiger partial charge on any atom is -0.383 e. The molecule has 2 aliphatic heterocycles. The number of benzene rings is 1. The lowest BCUT2D eigenvalue weighted by Gasteiger charge is -2.35. The van der Waals surface area contributed by atoms with Crippen LogP contribution in [-0.2, 0) is 13.0 Å². The van der Waals surface area contributed by atoms with Crippen molar-refractivity contribution in [3.8, 4) is 17.2 Å². The Morgan fingerprint density at radius 1 is 1.25 bits per heavy atom. The van der Waals surface area contributed by atoms with Crippen molar-refractivity contribution in [2.75, 3.05) is 12.8 Å². The number of aromatic nitrogens is 3. The fraction of sp³-hybridized carbons (Fsp3) is 0.318. The molecule has 3 aromatic rings. The van der Waals surface area contributed by atoms with Gasteiger partial charge in [-0.1, -0.05) is 24.3 Å². The molecule has 2 aromatic heterocycles. The number of likely N-dealkylation sites (N-methyl/N-ethyl adjacent to an activating group) is 1. The average Bonchev–Trinajstić information content (AvgIpc) is 3.28. The normalized spacial score (nSPS) is 20.7. The van der Waals surface area contributed by atoms with E-state index in [0.717, 1.165) is 41.6 Å². The first kappa shape index (κ1) is 17.0. The number of nitrogens with zero attached hydrogens (tertiary/aromatic N) is 5. The van der Waals surface area contributed by atoms with Crippen LogP contribution in [0.15, 0.2) is 42.7 Å². The van der Waals surface area contributed by atoms with Crippen LogP contribution >= 0.6 is 0 Å². The SMILES string of the molecule is CN1[C@H]2CC[C@@H]1c1c(nc(N)c(C#N)c1-c1ccccc1Cn1cccn1)C2. The number of nitrogen functional groups attached to an aromatic ring is 1. The third-order valence-corrected chi connectivity index (χ3v) is 6.23. The maximum absolute atomic E-state index is 9.94. The molecule has 0 radical (unpaired) electrons. The predicted octanol–water partition coefficient (Wildman–Crippen LogP) is 3.14. The van der Waals surface area contributed by atoms with E-state index in [0.29, 0.717) is 30.0 Å². The van der Waals surface area contributed by atoms with Gasteiger partial charge < -0.3 is 5.73 Å². The first-order valence-electron chi connectivity index (χ1n) is 9.67. The summed E-state index contributed by atoms with van der Waals surface area (Å²) in [6.07, 6.45) is 6.89. The smallest absolute Gasteiger partial charge is 0.142 e. The van der Waals surface area contributed by atoms with Crippen LogP contribution in [0.3, 0.4) is 0 Å². The van der Waals surface area contributed by atoms with Crippen LogP contribution in [-0.4, -0.2) is 32.8 Å². The number of pyridine rings is 1. The van der Waals surface area contributed by atoms with Gasteiger partial charge in [-0.3, -0.25) is 9.58 Å². The molecule has 0 amide bonds. The van der Waals surface area contributed by atoms with E-state index in [9.17, 15) is 5.26 Å². The Hall–Kier alpha value is -3.17. The molecule has 0 aliphatic carbocycles. The topological polar surface area (TPSA) is 83.8 Å². The lowest BCUT2D eigenvalue weighted by atomic mass is 9.85. The first-order valence-corrected chi connectivity index (χ1v) is 9.67. The maximum atomic E-state index is 9.94. The molecule has 0 spiro atoms. The van der Waals surface area contributed by atoms with E-state index in [1.165, 1.54) is 5.56 Å². The zero-order valence-corrected chi connectivity index (χ0v) is 15.8. The van der Waals surface area contributed by atoms with Crippen LogP contribution in [0.25, 0.3) is 11.1 Å². The van der Waals surface area contributed by atoms with Crippen LogP contribution in [0.2, 0.25) is 0 Å².